The molecule has 0 unspecified atom stereocenters. The highest BCUT2D eigenvalue weighted by molar-refractivity contribution is 6.05. The van der Waals surface area contributed by atoms with Crippen molar-refractivity contribution in [3.05, 3.63) is 108 Å². The molecule has 2 aromatic carbocycles. The van der Waals surface area contributed by atoms with Crippen molar-refractivity contribution < 1.29 is 9.59 Å². The lowest BCUT2D eigenvalue weighted by Gasteiger charge is -2.11. The number of amides is 2. The summed E-state index contributed by atoms with van der Waals surface area (Å²) in [5, 5.41) is 5.53. The van der Waals surface area contributed by atoms with E-state index in [1.165, 1.54) is 0 Å². The lowest BCUT2D eigenvalue weighted by atomic mass is 10.1. The molecule has 3 rings (SSSR count). The van der Waals surface area contributed by atoms with Gasteiger partial charge in [0.2, 0.25) is 0 Å². The van der Waals surface area contributed by atoms with Gasteiger partial charge in [-0.25, -0.2) is 0 Å². The maximum absolute atomic E-state index is 12.7. The van der Waals surface area contributed by atoms with E-state index in [0.717, 1.165) is 11.1 Å². The largest absolute Gasteiger partial charge is 0.347 e. The number of rotatable bonds is 6. The van der Waals surface area contributed by atoms with E-state index in [2.05, 4.69) is 15.6 Å². The van der Waals surface area contributed by atoms with E-state index in [4.69, 9.17) is 0 Å². The second kappa shape index (κ2) is 9.10. The molecule has 5 heteroatoms. The first-order valence-electron chi connectivity index (χ1n) is 8.52. The third kappa shape index (κ3) is 5.37. The highest BCUT2D eigenvalue weighted by Gasteiger charge is 2.14. The molecule has 2 amide bonds. The first kappa shape index (κ1) is 18.1. The smallest absolute Gasteiger partial charge is 0.268 e. The van der Waals surface area contributed by atoms with Gasteiger partial charge in [0.15, 0.2) is 0 Å². The van der Waals surface area contributed by atoms with Crippen molar-refractivity contribution >= 4 is 17.9 Å². The molecular formula is C22H19N3O2. The summed E-state index contributed by atoms with van der Waals surface area (Å²) in [5.74, 6) is -0.707. The van der Waals surface area contributed by atoms with Crippen LogP contribution in [0.15, 0.2) is 90.9 Å². The molecule has 5 nitrogen and oxygen atoms in total. The van der Waals surface area contributed by atoms with Crippen LogP contribution in [0.2, 0.25) is 0 Å². The van der Waals surface area contributed by atoms with Crippen LogP contribution in [0, 0.1) is 0 Å². The van der Waals surface area contributed by atoms with Crippen LogP contribution < -0.4 is 10.6 Å². The SMILES string of the molecule is O=C(NCc1cccnc1)C(=Cc1ccccc1)NC(=O)c1ccccc1. The van der Waals surface area contributed by atoms with Gasteiger partial charge in [-0.15, -0.1) is 0 Å². The molecule has 0 aliphatic heterocycles. The van der Waals surface area contributed by atoms with Gasteiger partial charge in [0.1, 0.15) is 5.70 Å². The van der Waals surface area contributed by atoms with Gasteiger partial charge in [-0.2, -0.15) is 0 Å². The Labute approximate surface area is 157 Å². The number of hydrogen-bond donors (Lipinski definition) is 2. The van der Waals surface area contributed by atoms with Gasteiger partial charge in [-0.05, 0) is 35.4 Å². The first-order valence-corrected chi connectivity index (χ1v) is 8.52. The minimum Gasteiger partial charge on any atom is -0.347 e. The zero-order chi connectivity index (χ0) is 18.9. The van der Waals surface area contributed by atoms with Crippen LogP contribution in [-0.2, 0) is 11.3 Å². The number of nitrogens with one attached hydrogen (secondary N) is 2. The predicted octanol–water partition coefficient (Wildman–Crippen LogP) is 3.17. The number of pyridine rings is 1. The van der Waals surface area contributed by atoms with Gasteiger partial charge in [0.25, 0.3) is 11.8 Å². The van der Waals surface area contributed by atoms with Crippen molar-refractivity contribution in [3.8, 4) is 0 Å². The quantitative estimate of drug-likeness (QED) is 0.666. The highest BCUT2D eigenvalue weighted by atomic mass is 16.2. The second-order valence-corrected chi connectivity index (χ2v) is 5.83. The molecule has 0 bridgehead atoms. The van der Waals surface area contributed by atoms with Crippen molar-refractivity contribution in [1.82, 2.24) is 15.6 Å². The third-order valence-electron chi connectivity index (χ3n) is 3.82. The summed E-state index contributed by atoms with van der Waals surface area (Å²) in [5.41, 5.74) is 2.35. The molecule has 0 aliphatic rings. The molecule has 1 aromatic heterocycles. The van der Waals surface area contributed by atoms with Crippen molar-refractivity contribution in [2.24, 2.45) is 0 Å². The molecule has 0 aliphatic carbocycles. The molecule has 3 aromatic rings. The predicted molar refractivity (Wildman–Crippen MR) is 104 cm³/mol. The van der Waals surface area contributed by atoms with E-state index in [1.54, 1.807) is 48.8 Å². The van der Waals surface area contributed by atoms with Crippen LogP contribution in [0.4, 0.5) is 0 Å². The molecular weight excluding hydrogens is 338 g/mol. The van der Waals surface area contributed by atoms with Crippen LogP contribution in [-0.4, -0.2) is 16.8 Å². The van der Waals surface area contributed by atoms with Crippen LogP contribution in [0.1, 0.15) is 21.5 Å². The molecule has 0 spiro atoms. The zero-order valence-corrected chi connectivity index (χ0v) is 14.6. The Morgan fingerprint density at radius 3 is 2.26 bits per heavy atom. The van der Waals surface area contributed by atoms with Crippen LogP contribution in [0.5, 0.6) is 0 Å². The van der Waals surface area contributed by atoms with E-state index in [1.807, 2.05) is 42.5 Å². The summed E-state index contributed by atoms with van der Waals surface area (Å²) in [6.07, 6.45) is 5.01. The standard InChI is InChI=1S/C22H19N3O2/c26-21(19-11-5-2-6-12-19)25-20(14-17-8-3-1-4-9-17)22(27)24-16-18-10-7-13-23-15-18/h1-15H,16H2,(H,24,27)(H,25,26). The van der Waals surface area contributed by atoms with Crippen LogP contribution >= 0.6 is 0 Å². The van der Waals surface area contributed by atoms with Gasteiger partial charge >= 0.3 is 0 Å². The Balaban J connectivity index is 1.78. The molecule has 0 saturated heterocycles. The Bertz CT molecular complexity index is 924. The summed E-state index contributed by atoms with van der Waals surface area (Å²) in [4.78, 5) is 29.2. The minimum atomic E-state index is -0.369. The van der Waals surface area contributed by atoms with E-state index >= 15 is 0 Å². The lowest BCUT2D eigenvalue weighted by molar-refractivity contribution is -0.117. The van der Waals surface area contributed by atoms with E-state index in [-0.39, 0.29) is 17.5 Å². The van der Waals surface area contributed by atoms with Crippen LogP contribution in [0.3, 0.4) is 0 Å². The van der Waals surface area contributed by atoms with Gasteiger partial charge in [-0.1, -0.05) is 54.6 Å². The molecule has 134 valence electrons. The fourth-order valence-corrected chi connectivity index (χ4v) is 2.44. The third-order valence-corrected chi connectivity index (χ3v) is 3.82. The van der Waals surface area contributed by atoms with E-state index < -0.39 is 0 Å². The van der Waals surface area contributed by atoms with Gasteiger partial charge in [-0.3, -0.25) is 14.6 Å². The van der Waals surface area contributed by atoms with Crippen LogP contribution in [0.25, 0.3) is 6.08 Å². The zero-order valence-electron chi connectivity index (χ0n) is 14.6. The first-order chi connectivity index (χ1) is 13.2. The van der Waals surface area contributed by atoms with Gasteiger partial charge in [0, 0.05) is 24.5 Å². The summed E-state index contributed by atoms with van der Waals surface area (Å²) in [6, 6.07) is 21.8. The number of nitrogens with zero attached hydrogens (tertiary/aromatic N) is 1. The molecule has 2 N–H and O–H groups in total. The van der Waals surface area contributed by atoms with Gasteiger partial charge in [0.05, 0.1) is 0 Å². The van der Waals surface area contributed by atoms with E-state index in [9.17, 15) is 9.59 Å². The molecule has 0 saturated carbocycles. The van der Waals surface area contributed by atoms with Gasteiger partial charge < -0.3 is 10.6 Å². The molecule has 0 fully saturated rings. The Morgan fingerprint density at radius 1 is 0.889 bits per heavy atom. The average Bonchev–Trinajstić information content (AvgIpc) is 2.73. The Kier molecular flexibility index (Phi) is 6.09. The number of aromatic nitrogens is 1. The summed E-state index contributed by atoms with van der Waals surface area (Å²) in [6.45, 7) is 0.319. The molecule has 27 heavy (non-hydrogen) atoms. The van der Waals surface area contributed by atoms with E-state index in [0.29, 0.717) is 12.1 Å². The normalized spacial score (nSPS) is 10.9. The van der Waals surface area contributed by atoms with Crippen molar-refractivity contribution in [3.63, 3.8) is 0 Å². The number of carbonyl (C=O) groups is 2. The monoisotopic (exact) mass is 357 g/mol. The maximum atomic E-state index is 12.7. The van der Waals surface area contributed by atoms with Crippen molar-refractivity contribution in [1.29, 1.82) is 0 Å². The summed E-state index contributed by atoms with van der Waals surface area (Å²) >= 11 is 0. The second-order valence-electron chi connectivity index (χ2n) is 5.83. The average molecular weight is 357 g/mol. The number of carbonyl (C=O) groups excluding carboxylic acids is 2. The highest BCUT2D eigenvalue weighted by Crippen LogP contribution is 2.07. The topological polar surface area (TPSA) is 71.1 Å². The fraction of sp³-hybridized carbons (Fsp3) is 0.0455. The summed E-state index contributed by atoms with van der Waals surface area (Å²) < 4.78 is 0. The minimum absolute atomic E-state index is 0.180. The summed E-state index contributed by atoms with van der Waals surface area (Å²) in [7, 11) is 0. The molecule has 0 atom stereocenters. The fourth-order valence-electron chi connectivity index (χ4n) is 2.44. The Morgan fingerprint density at radius 2 is 1.59 bits per heavy atom. The van der Waals surface area contributed by atoms with Crippen molar-refractivity contribution in [2.75, 3.05) is 0 Å². The molecule has 0 radical (unpaired) electrons. The maximum Gasteiger partial charge on any atom is 0.268 e. The number of benzene rings is 2. The number of hydrogen-bond acceptors (Lipinski definition) is 3. The van der Waals surface area contributed by atoms with Crippen molar-refractivity contribution in [2.45, 2.75) is 6.54 Å². The molecule has 1 heterocycles. The Hall–Kier alpha value is -3.73. The lowest BCUT2D eigenvalue weighted by Crippen LogP contribution is -2.34.